The molecule has 0 radical (unpaired) electrons. The zero-order valence-electron chi connectivity index (χ0n) is 18.1. The molecule has 2 aromatic carbocycles. The highest BCUT2D eigenvalue weighted by Gasteiger charge is 2.15. The van der Waals surface area contributed by atoms with E-state index in [0.717, 1.165) is 36.7 Å². The van der Waals surface area contributed by atoms with Crippen molar-refractivity contribution in [1.82, 2.24) is 30.4 Å². The molecule has 0 spiro atoms. The Morgan fingerprint density at radius 1 is 1.10 bits per heavy atom. The van der Waals surface area contributed by atoms with Crippen LogP contribution >= 0.6 is 0 Å². The quantitative estimate of drug-likeness (QED) is 0.639. The van der Waals surface area contributed by atoms with Crippen molar-refractivity contribution < 1.29 is 4.79 Å². The number of hydrogen-bond donors (Lipinski definition) is 2. The van der Waals surface area contributed by atoms with Crippen LogP contribution in [-0.4, -0.2) is 44.2 Å². The van der Waals surface area contributed by atoms with E-state index in [-0.39, 0.29) is 6.03 Å². The summed E-state index contributed by atoms with van der Waals surface area (Å²) in [6, 6.07) is 15.7. The molecule has 0 atom stereocenters. The molecule has 2 heterocycles. The fraction of sp³-hybridized carbons (Fsp3) is 0.391. The van der Waals surface area contributed by atoms with E-state index in [0.29, 0.717) is 18.1 Å². The number of nitrogens with one attached hydrogen (secondary N) is 2. The van der Waals surface area contributed by atoms with Crippen LogP contribution in [0.25, 0.3) is 11.4 Å². The summed E-state index contributed by atoms with van der Waals surface area (Å²) in [5.41, 5.74) is 3.91. The molecule has 1 aliphatic heterocycles. The van der Waals surface area contributed by atoms with Gasteiger partial charge in [0.1, 0.15) is 0 Å². The Labute approximate surface area is 182 Å². The first-order valence-corrected chi connectivity index (χ1v) is 10.7. The number of nitrogens with zero attached hydrogens (tertiary/aromatic N) is 5. The Hall–Kier alpha value is -3.26. The topological polar surface area (TPSA) is 88.0 Å². The number of tetrazole rings is 1. The van der Waals surface area contributed by atoms with Gasteiger partial charge in [0, 0.05) is 31.4 Å². The van der Waals surface area contributed by atoms with Crippen molar-refractivity contribution >= 4 is 11.7 Å². The zero-order valence-corrected chi connectivity index (χ0v) is 18.1. The maximum absolute atomic E-state index is 12.4. The Morgan fingerprint density at radius 3 is 2.65 bits per heavy atom. The minimum atomic E-state index is -0.247. The highest BCUT2D eigenvalue weighted by Crippen LogP contribution is 2.20. The van der Waals surface area contributed by atoms with Crippen LogP contribution in [0, 0.1) is 5.92 Å². The molecule has 0 unspecified atom stereocenters. The van der Waals surface area contributed by atoms with E-state index in [2.05, 4.69) is 56.2 Å². The molecule has 2 N–H and O–H groups in total. The lowest BCUT2D eigenvalue weighted by Gasteiger charge is -2.30. The number of carbonyl (C=O) groups excluding carboxylic acids is 1. The zero-order chi connectivity index (χ0) is 21.6. The normalized spacial score (nSPS) is 15.0. The molecule has 0 bridgehead atoms. The summed E-state index contributed by atoms with van der Waals surface area (Å²) in [7, 11) is 1.78. The summed E-state index contributed by atoms with van der Waals surface area (Å²) in [6.45, 7) is 6.10. The largest absolute Gasteiger partial charge is 0.334 e. The van der Waals surface area contributed by atoms with Gasteiger partial charge in [0.15, 0.2) is 5.82 Å². The van der Waals surface area contributed by atoms with Gasteiger partial charge in [-0.25, -0.2) is 9.48 Å². The minimum Gasteiger partial charge on any atom is -0.334 e. The van der Waals surface area contributed by atoms with Crippen molar-refractivity contribution in [3.63, 3.8) is 0 Å². The van der Waals surface area contributed by atoms with Gasteiger partial charge in [0.25, 0.3) is 0 Å². The Bertz CT molecular complexity index is 1020. The maximum Gasteiger partial charge on any atom is 0.319 e. The second-order valence-corrected chi connectivity index (χ2v) is 8.29. The predicted molar refractivity (Wildman–Crippen MR) is 120 cm³/mol. The number of rotatable bonds is 6. The lowest BCUT2D eigenvalue weighted by atomic mass is 9.98. The van der Waals surface area contributed by atoms with Gasteiger partial charge >= 0.3 is 6.03 Å². The summed E-state index contributed by atoms with van der Waals surface area (Å²) >= 11 is 0. The summed E-state index contributed by atoms with van der Waals surface area (Å²) in [4.78, 5) is 14.9. The first-order valence-electron chi connectivity index (χ1n) is 10.7. The third kappa shape index (κ3) is 5.67. The standard InChI is InChI=1S/C23H29N7O/c1-17-9-11-30(12-10-17)16-19-6-3-5-18(13-19)15-24-23(31)25-21-8-4-7-20(14-21)22-26-27-28-29(22)2/h3-8,13-14,17H,9-12,15-16H2,1-2H3,(H2,24,25,31). The lowest BCUT2D eigenvalue weighted by molar-refractivity contribution is 0.185. The number of anilines is 1. The Morgan fingerprint density at radius 2 is 1.87 bits per heavy atom. The maximum atomic E-state index is 12.4. The van der Waals surface area contributed by atoms with Crippen LogP contribution in [0.3, 0.4) is 0 Å². The second-order valence-electron chi connectivity index (χ2n) is 8.29. The molecule has 31 heavy (non-hydrogen) atoms. The lowest BCUT2D eigenvalue weighted by Crippen LogP contribution is -2.32. The molecular formula is C23H29N7O. The van der Waals surface area contributed by atoms with Crippen molar-refractivity contribution in [3.05, 3.63) is 59.7 Å². The fourth-order valence-corrected chi connectivity index (χ4v) is 3.88. The molecule has 0 aliphatic carbocycles. The van der Waals surface area contributed by atoms with Crippen molar-refractivity contribution in [1.29, 1.82) is 0 Å². The van der Waals surface area contributed by atoms with Gasteiger partial charge in [-0.2, -0.15) is 0 Å². The number of hydrogen-bond acceptors (Lipinski definition) is 5. The molecule has 1 fully saturated rings. The van der Waals surface area contributed by atoms with Gasteiger partial charge < -0.3 is 10.6 Å². The van der Waals surface area contributed by atoms with E-state index in [1.165, 1.54) is 18.4 Å². The molecule has 4 rings (SSSR count). The van der Waals surface area contributed by atoms with E-state index < -0.39 is 0 Å². The number of urea groups is 1. The number of piperidine rings is 1. The van der Waals surface area contributed by atoms with Crippen molar-refractivity contribution in [3.8, 4) is 11.4 Å². The SMILES string of the molecule is CC1CCN(Cc2cccc(CNC(=O)Nc3cccc(-c4nnnn4C)c3)c2)CC1. The van der Waals surface area contributed by atoms with E-state index in [1.54, 1.807) is 11.7 Å². The predicted octanol–water partition coefficient (Wildman–Crippen LogP) is 3.43. The Balaban J connectivity index is 1.31. The second kappa shape index (κ2) is 9.70. The van der Waals surface area contributed by atoms with Gasteiger partial charge in [-0.05, 0) is 65.5 Å². The molecule has 2 amide bonds. The number of aryl methyl sites for hydroxylation is 1. The summed E-state index contributed by atoms with van der Waals surface area (Å²) in [5, 5.41) is 17.3. The van der Waals surface area contributed by atoms with Crippen LogP contribution in [0.2, 0.25) is 0 Å². The van der Waals surface area contributed by atoms with Crippen LogP contribution in [0.1, 0.15) is 30.9 Å². The van der Waals surface area contributed by atoms with Crippen LogP contribution in [0.5, 0.6) is 0 Å². The van der Waals surface area contributed by atoms with Gasteiger partial charge in [-0.15, -0.1) is 5.10 Å². The van der Waals surface area contributed by atoms with Crippen molar-refractivity contribution in [2.75, 3.05) is 18.4 Å². The average Bonchev–Trinajstić information content (AvgIpc) is 3.20. The molecule has 0 saturated carbocycles. The number of likely N-dealkylation sites (tertiary alicyclic amines) is 1. The highest BCUT2D eigenvalue weighted by atomic mass is 16.2. The molecule has 8 nitrogen and oxygen atoms in total. The summed E-state index contributed by atoms with van der Waals surface area (Å²) in [6.07, 6.45) is 2.55. The number of carbonyl (C=O) groups is 1. The van der Waals surface area contributed by atoms with Gasteiger partial charge in [0.05, 0.1) is 0 Å². The molecule has 1 aromatic heterocycles. The van der Waals surface area contributed by atoms with E-state index in [4.69, 9.17) is 0 Å². The average molecular weight is 420 g/mol. The van der Waals surface area contributed by atoms with E-state index in [1.807, 2.05) is 30.3 Å². The Kier molecular flexibility index (Phi) is 6.57. The first-order chi connectivity index (χ1) is 15.1. The first kappa shape index (κ1) is 21.0. The molecule has 162 valence electrons. The molecule has 8 heteroatoms. The van der Waals surface area contributed by atoms with E-state index >= 15 is 0 Å². The highest BCUT2D eigenvalue weighted by molar-refractivity contribution is 5.89. The summed E-state index contributed by atoms with van der Waals surface area (Å²) < 4.78 is 1.59. The monoisotopic (exact) mass is 419 g/mol. The van der Waals surface area contributed by atoms with Gasteiger partial charge in [-0.3, -0.25) is 4.90 Å². The third-order valence-electron chi connectivity index (χ3n) is 5.73. The van der Waals surface area contributed by atoms with Gasteiger partial charge in [0.2, 0.25) is 0 Å². The minimum absolute atomic E-state index is 0.247. The molecular weight excluding hydrogens is 390 g/mol. The number of amides is 2. The van der Waals surface area contributed by atoms with Crippen LogP contribution in [0.15, 0.2) is 48.5 Å². The van der Waals surface area contributed by atoms with Crippen LogP contribution in [0.4, 0.5) is 10.5 Å². The number of aromatic nitrogens is 4. The summed E-state index contributed by atoms with van der Waals surface area (Å²) in [5.74, 6) is 1.48. The smallest absolute Gasteiger partial charge is 0.319 e. The molecule has 1 saturated heterocycles. The number of benzene rings is 2. The molecule has 1 aliphatic rings. The molecule has 3 aromatic rings. The van der Waals surface area contributed by atoms with E-state index in [9.17, 15) is 4.79 Å². The third-order valence-corrected chi connectivity index (χ3v) is 5.73. The van der Waals surface area contributed by atoms with Crippen molar-refractivity contribution in [2.45, 2.75) is 32.9 Å². The van der Waals surface area contributed by atoms with Crippen molar-refractivity contribution in [2.24, 2.45) is 13.0 Å². The van der Waals surface area contributed by atoms with Gasteiger partial charge in [-0.1, -0.05) is 43.3 Å². The van der Waals surface area contributed by atoms with Crippen LogP contribution < -0.4 is 10.6 Å². The van der Waals surface area contributed by atoms with Crippen LogP contribution in [-0.2, 0) is 20.1 Å². The fourth-order valence-electron chi connectivity index (χ4n) is 3.88.